The number of hydrogen-bond acceptors (Lipinski definition) is 6. The molecule has 2 aromatic carbocycles. The predicted octanol–water partition coefficient (Wildman–Crippen LogP) is 3.78. The molecule has 0 aliphatic heterocycles. The smallest absolute Gasteiger partial charge is 0.368 e. The Bertz CT molecular complexity index is 1100. The van der Waals surface area contributed by atoms with Crippen LogP contribution < -0.4 is 10.4 Å². The Morgan fingerprint density at radius 2 is 1.94 bits per heavy atom. The van der Waals surface area contributed by atoms with Crippen LogP contribution in [0, 0.1) is 6.92 Å². The lowest BCUT2D eigenvalue weighted by Crippen LogP contribution is -2.23. The summed E-state index contributed by atoms with van der Waals surface area (Å²) in [5.41, 5.74) is 3.80. The largest absolute Gasteiger partial charge is 0.494 e. The first-order chi connectivity index (χ1) is 15.0. The van der Waals surface area contributed by atoms with E-state index in [1.807, 2.05) is 56.3 Å². The van der Waals surface area contributed by atoms with Crippen LogP contribution in [0.4, 0.5) is 0 Å². The molecule has 164 valence electrons. The van der Waals surface area contributed by atoms with Gasteiger partial charge in [0.15, 0.2) is 0 Å². The van der Waals surface area contributed by atoms with Gasteiger partial charge in [-0.2, -0.15) is 9.36 Å². The zero-order chi connectivity index (χ0) is 22.2. The quantitative estimate of drug-likeness (QED) is 0.281. The van der Waals surface area contributed by atoms with E-state index >= 15 is 0 Å². The van der Waals surface area contributed by atoms with Crippen LogP contribution in [0.2, 0.25) is 0 Å². The van der Waals surface area contributed by atoms with Crippen LogP contribution in [0.3, 0.4) is 0 Å². The van der Waals surface area contributed by atoms with Crippen LogP contribution in [-0.4, -0.2) is 32.1 Å². The summed E-state index contributed by atoms with van der Waals surface area (Å²) in [5.74, 6) is 0.825. The van der Waals surface area contributed by atoms with E-state index in [4.69, 9.17) is 9.57 Å². The minimum atomic E-state index is -0.317. The fourth-order valence-electron chi connectivity index (χ4n) is 3.14. The molecule has 1 heterocycles. The number of hydrogen-bond donors (Lipinski definition) is 0. The van der Waals surface area contributed by atoms with Gasteiger partial charge in [-0.1, -0.05) is 49.2 Å². The Balaban J connectivity index is 1.71. The first-order valence-corrected chi connectivity index (χ1v) is 10.5. The Morgan fingerprint density at radius 3 is 2.68 bits per heavy atom. The van der Waals surface area contributed by atoms with Crippen molar-refractivity contribution in [3.05, 3.63) is 69.6 Å². The van der Waals surface area contributed by atoms with Gasteiger partial charge in [0.2, 0.25) is 0 Å². The van der Waals surface area contributed by atoms with E-state index in [1.54, 1.807) is 7.05 Å². The highest BCUT2D eigenvalue weighted by atomic mass is 16.6. The number of rotatable bonds is 10. The lowest BCUT2D eigenvalue weighted by molar-refractivity contribution is 0.130. The number of oxime groups is 1. The third kappa shape index (κ3) is 5.59. The molecule has 31 heavy (non-hydrogen) atoms. The third-order valence-electron chi connectivity index (χ3n) is 5.01. The van der Waals surface area contributed by atoms with E-state index < -0.39 is 0 Å². The van der Waals surface area contributed by atoms with Crippen molar-refractivity contribution in [1.82, 2.24) is 19.8 Å². The lowest BCUT2D eigenvalue weighted by Gasteiger charge is -2.11. The molecule has 0 bridgehead atoms. The van der Waals surface area contributed by atoms with Crippen molar-refractivity contribution in [2.75, 3.05) is 6.61 Å². The molecule has 8 heteroatoms. The maximum absolute atomic E-state index is 12.3. The van der Waals surface area contributed by atoms with Gasteiger partial charge in [-0.3, -0.25) is 0 Å². The predicted molar refractivity (Wildman–Crippen MR) is 120 cm³/mol. The summed E-state index contributed by atoms with van der Waals surface area (Å²) in [7, 11) is 1.56. The number of tetrazole rings is 1. The van der Waals surface area contributed by atoms with Gasteiger partial charge in [0.25, 0.3) is 0 Å². The Labute approximate surface area is 182 Å². The highest BCUT2D eigenvalue weighted by molar-refractivity contribution is 5.98. The van der Waals surface area contributed by atoms with Crippen molar-refractivity contribution >= 4 is 5.71 Å². The standard InChI is InChI=1S/C23H29N5O3/c1-5-6-7-14-30-20-12-9-11-19(15-20)18(3)24-31-16-21-17(2)10-8-13-22(21)28-23(29)27(4)25-26-28/h8-13,15H,5-7,14,16H2,1-4H3. The molecule has 0 radical (unpaired) electrons. The second-order valence-corrected chi connectivity index (χ2v) is 7.40. The van der Waals surface area contributed by atoms with Crippen molar-refractivity contribution in [3.8, 4) is 11.4 Å². The van der Waals surface area contributed by atoms with Crippen molar-refractivity contribution in [3.63, 3.8) is 0 Å². The van der Waals surface area contributed by atoms with Crippen molar-refractivity contribution in [1.29, 1.82) is 0 Å². The molecule has 0 spiro atoms. The molecule has 3 rings (SSSR count). The number of ether oxygens (including phenoxy) is 1. The fraction of sp³-hybridized carbons (Fsp3) is 0.391. The van der Waals surface area contributed by atoms with E-state index in [-0.39, 0.29) is 12.3 Å². The summed E-state index contributed by atoms with van der Waals surface area (Å²) in [5, 5.41) is 12.0. The molecular weight excluding hydrogens is 394 g/mol. The summed E-state index contributed by atoms with van der Waals surface area (Å²) >= 11 is 0. The summed E-state index contributed by atoms with van der Waals surface area (Å²) in [6.45, 7) is 6.94. The first kappa shape index (κ1) is 22.3. The third-order valence-corrected chi connectivity index (χ3v) is 5.01. The van der Waals surface area contributed by atoms with Crippen molar-refractivity contribution in [2.45, 2.75) is 46.6 Å². The van der Waals surface area contributed by atoms with E-state index in [2.05, 4.69) is 22.5 Å². The molecular formula is C23H29N5O3. The molecule has 8 nitrogen and oxygen atoms in total. The van der Waals surface area contributed by atoms with Crippen LogP contribution in [0.1, 0.15) is 49.8 Å². The molecule has 3 aromatic rings. The van der Waals surface area contributed by atoms with Gasteiger partial charge in [-0.25, -0.2) is 4.79 Å². The normalized spacial score (nSPS) is 11.5. The topological polar surface area (TPSA) is 83.5 Å². The van der Waals surface area contributed by atoms with Crippen molar-refractivity contribution in [2.24, 2.45) is 12.2 Å². The van der Waals surface area contributed by atoms with Gasteiger partial charge in [0, 0.05) is 18.2 Å². The molecule has 0 N–H and O–H groups in total. The SMILES string of the molecule is CCCCCOc1cccc(C(C)=NOCc2c(C)cccc2-n2nnn(C)c2=O)c1. The highest BCUT2D eigenvalue weighted by Gasteiger charge is 2.13. The molecule has 0 saturated heterocycles. The zero-order valence-electron chi connectivity index (χ0n) is 18.5. The summed E-state index contributed by atoms with van der Waals surface area (Å²) < 4.78 is 8.28. The molecule has 0 fully saturated rings. The first-order valence-electron chi connectivity index (χ1n) is 10.5. The maximum Gasteiger partial charge on any atom is 0.368 e. The Morgan fingerprint density at radius 1 is 1.13 bits per heavy atom. The van der Waals surface area contributed by atoms with Crippen molar-refractivity contribution < 1.29 is 9.57 Å². The van der Waals surface area contributed by atoms with E-state index in [0.717, 1.165) is 41.0 Å². The van der Waals surface area contributed by atoms with Crippen LogP contribution in [0.25, 0.3) is 5.69 Å². The molecule has 0 saturated carbocycles. The van der Waals surface area contributed by atoms with E-state index in [1.165, 1.54) is 15.8 Å². The zero-order valence-corrected chi connectivity index (χ0v) is 18.5. The van der Waals surface area contributed by atoms with Crippen LogP contribution in [0.5, 0.6) is 5.75 Å². The average Bonchev–Trinajstić information content (AvgIpc) is 3.10. The molecule has 1 aromatic heterocycles. The maximum atomic E-state index is 12.3. The Kier molecular flexibility index (Phi) is 7.59. The van der Waals surface area contributed by atoms with Gasteiger partial charge in [0.1, 0.15) is 12.4 Å². The average molecular weight is 424 g/mol. The van der Waals surface area contributed by atoms with Gasteiger partial charge >= 0.3 is 5.69 Å². The fourth-order valence-corrected chi connectivity index (χ4v) is 3.14. The minimum absolute atomic E-state index is 0.204. The van der Waals surface area contributed by atoms with Crippen LogP contribution >= 0.6 is 0 Å². The van der Waals surface area contributed by atoms with Gasteiger partial charge in [-0.15, -0.1) is 0 Å². The van der Waals surface area contributed by atoms with E-state index in [9.17, 15) is 4.79 Å². The lowest BCUT2D eigenvalue weighted by atomic mass is 10.1. The molecule has 0 atom stereocenters. The van der Waals surface area contributed by atoms with Crippen LogP contribution in [-0.2, 0) is 18.5 Å². The summed E-state index contributed by atoms with van der Waals surface area (Å²) in [6.07, 6.45) is 3.38. The summed E-state index contributed by atoms with van der Waals surface area (Å²) in [6, 6.07) is 13.5. The molecule has 0 amide bonds. The van der Waals surface area contributed by atoms with E-state index in [0.29, 0.717) is 12.3 Å². The second-order valence-electron chi connectivity index (χ2n) is 7.40. The molecule has 0 aliphatic carbocycles. The Hall–Kier alpha value is -3.42. The monoisotopic (exact) mass is 423 g/mol. The highest BCUT2D eigenvalue weighted by Crippen LogP contribution is 2.19. The molecule has 0 unspecified atom stereocenters. The van der Waals surface area contributed by atoms with Crippen LogP contribution in [0.15, 0.2) is 52.4 Å². The number of benzene rings is 2. The van der Waals surface area contributed by atoms with Gasteiger partial charge in [0.05, 0.1) is 18.0 Å². The van der Waals surface area contributed by atoms with Gasteiger partial charge < -0.3 is 9.57 Å². The second kappa shape index (κ2) is 10.6. The number of nitrogens with zero attached hydrogens (tertiary/aromatic N) is 5. The summed E-state index contributed by atoms with van der Waals surface area (Å²) in [4.78, 5) is 17.9. The molecule has 0 aliphatic rings. The number of unbranched alkanes of at least 4 members (excludes halogenated alkanes) is 2. The minimum Gasteiger partial charge on any atom is -0.494 e. The number of aryl methyl sites for hydroxylation is 2. The van der Waals surface area contributed by atoms with Gasteiger partial charge in [-0.05, 0) is 54.5 Å². The number of aromatic nitrogens is 4.